The molecule has 0 aliphatic rings. The van der Waals surface area contributed by atoms with Crippen molar-refractivity contribution in [1.82, 2.24) is 10.7 Å². The second-order valence-electron chi connectivity index (χ2n) is 5.31. The molecule has 0 saturated heterocycles. The largest absolute Gasteiger partial charge is 0.497 e. The highest BCUT2D eigenvalue weighted by Gasteiger charge is 2.08. The zero-order valence-corrected chi connectivity index (χ0v) is 15.3. The van der Waals surface area contributed by atoms with Gasteiger partial charge in [-0.2, -0.15) is 5.10 Å². The van der Waals surface area contributed by atoms with E-state index in [-0.39, 0.29) is 12.5 Å². The first-order chi connectivity index (χ1) is 13.1. The number of hydrogen-bond acceptors (Lipinski definition) is 6. The third kappa shape index (κ3) is 5.74. The van der Waals surface area contributed by atoms with E-state index >= 15 is 0 Å². The maximum absolute atomic E-state index is 12.0. The Labute approximate surface area is 157 Å². The SMILES string of the molecule is COc1ccc(C(=O)NCC(=O)N/N=C\c2ccc(OC)cc2OC)cc1. The summed E-state index contributed by atoms with van der Waals surface area (Å²) in [7, 11) is 4.63. The summed E-state index contributed by atoms with van der Waals surface area (Å²) in [5.41, 5.74) is 3.44. The number of ether oxygens (including phenoxy) is 3. The molecule has 0 spiro atoms. The van der Waals surface area contributed by atoms with Gasteiger partial charge in [0.25, 0.3) is 11.8 Å². The van der Waals surface area contributed by atoms with E-state index in [9.17, 15) is 9.59 Å². The molecule has 0 radical (unpaired) electrons. The second kappa shape index (κ2) is 9.81. The molecule has 2 rings (SSSR count). The van der Waals surface area contributed by atoms with Crippen LogP contribution in [-0.2, 0) is 4.79 Å². The van der Waals surface area contributed by atoms with Crippen LogP contribution in [0.2, 0.25) is 0 Å². The maximum Gasteiger partial charge on any atom is 0.259 e. The van der Waals surface area contributed by atoms with Crippen molar-refractivity contribution in [2.75, 3.05) is 27.9 Å². The Morgan fingerprint density at radius 3 is 2.26 bits per heavy atom. The number of carbonyl (C=O) groups is 2. The van der Waals surface area contributed by atoms with Gasteiger partial charge >= 0.3 is 0 Å². The molecule has 0 fully saturated rings. The molecule has 2 amide bonds. The van der Waals surface area contributed by atoms with E-state index in [0.717, 1.165) is 0 Å². The van der Waals surface area contributed by atoms with Crippen LogP contribution in [0.4, 0.5) is 0 Å². The standard InChI is InChI=1S/C19H21N3O5/c1-25-15-7-4-13(5-8-15)19(24)20-12-18(23)22-21-11-14-6-9-16(26-2)10-17(14)27-3/h4-11H,12H2,1-3H3,(H,20,24)(H,22,23)/b21-11-. The highest BCUT2D eigenvalue weighted by molar-refractivity contribution is 5.96. The number of hydrogen-bond donors (Lipinski definition) is 2. The Morgan fingerprint density at radius 2 is 1.63 bits per heavy atom. The van der Waals surface area contributed by atoms with Crippen LogP contribution in [0, 0.1) is 0 Å². The lowest BCUT2D eigenvalue weighted by atomic mass is 10.2. The highest BCUT2D eigenvalue weighted by Crippen LogP contribution is 2.22. The molecule has 2 aromatic rings. The minimum absolute atomic E-state index is 0.206. The van der Waals surface area contributed by atoms with Gasteiger partial charge in [-0.05, 0) is 36.4 Å². The molecule has 2 aromatic carbocycles. The Balaban J connectivity index is 1.85. The number of amides is 2. The Bertz CT molecular complexity index is 819. The number of methoxy groups -OCH3 is 3. The fraction of sp³-hybridized carbons (Fsp3) is 0.211. The van der Waals surface area contributed by atoms with E-state index < -0.39 is 5.91 Å². The van der Waals surface area contributed by atoms with Gasteiger partial charge in [0.05, 0.1) is 34.1 Å². The molecule has 0 heterocycles. The van der Waals surface area contributed by atoms with Gasteiger partial charge in [-0.1, -0.05) is 0 Å². The van der Waals surface area contributed by atoms with Crippen LogP contribution in [-0.4, -0.2) is 45.9 Å². The first-order valence-corrected chi connectivity index (χ1v) is 8.03. The first-order valence-electron chi connectivity index (χ1n) is 8.03. The molecule has 27 heavy (non-hydrogen) atoms. The van der Waals surface area contributed by atoms with E-state index in [1.54, 1.807) is 56.7 Å². The minimum atomic E-state index is -0.458. The van der Waals surface area contributed by atoms with Crippen LogP contribution >= 0.6 is 0 Å². The van der Waals surface area contributed by atoms with Crippen LogP contribution in [0.5, 0.6) is 17.2 Å². The summed E-state index contributed by atoms with van der Waals surface area (Å²) in [4.78, 5) is 23.8. The monoisotopic (exact) mass is 371 g/mol. The number of rotatable bonds is 8. The number of nitrogens with one attached hydrogen (secondary N) is 2. The zero-order valence-electron chi connectivity index (χ0n) is 15.3. The fourth-order valence-electron chi connectivity index (χ4n) is 2.14. The lowest BCUT2D eigenvalue weighted by Crippen LogP contribution is -2.34. The molecular weight excluding hydrogens is 350 g/mol. The summed E-state index contributed by atoms with van der Waals surface area (Å²) < 4.78 is 15.4. The van der Waals surface area contributed by atoms with Gasteiger partial charge in [0, 0.05) is 17.2 Å². The summed E-state index contributed by atoms with van der Waals surface area (Å²) >= 11 is 0. The molecule has 8 heteroatoms. The van der Waals surface area contributed by atoms with Crippen molar-refractivity contribution in [3.05, 3.63) is 53.6 Å². The van der Waals surface area contributed by atoms with Gasteiger partial charge < -0.3 is 19.5 Å². The van der Waals surface area contributed by atoms with Gasteiger partial charge in [0.2, 0.25) is 0 Å². The van der Waals surface area contributed by atoms with Crippen molar-refractivity contribution in [3.63, 3.8) is 0 Å². The van der Waals surface area contributed by atoms with Crippen molar-refractivity contribution in [1.29, 1.82) is 0 Å². The van der Waals surface area contributed by atoms with Crippen molar-refractivity contribution in [2.24, 2.45) is 5.10 Å². The number of hydrazone groups is 1. The summed E-state index contributed by atoms with van der Waals surface area (Å²) in [5.74, 6) is 1.02. The molecule has 0 bridgehead atoms. The number of benzene rings is 2. The summed E-state index contributed by atoms with van der Waals surface area (Å²) in [6.45, 7) is -0.206. The molecule has 0 aliphatic heterocycles. The van der Waals surface area contributed by atoms with Gasteiger partial charge in [0.15, 0.2) is 0 Å². The van der Waals surface area contributed by atoms with E-state index in [2.05, 4.69) is 15.8 Å². The van der Waals surface area contributed by atoms with Gasteiger partial charge in [-0.3, -0.25) is 9.59 Å². The smallest absolute Gasteiger partial charge is 0.259 e. The zero-order chi connectivity index (χ0) is 19.6. The Kier molecular flexibility index (Phi) is 7.18. The van der Waals surface area contributed by atoms with Crippen LogP contribution < -0.4 is 25.0 Å². The van der Waals surface area contributed by atoms with Crippen molar-refractivity contribution < 1.29 is 23.8 Å². The fourth-order valence-corrected chi connectivity index (χ4v) is 2.14. The lowest BCUT2D eigenvalue weighted by molar-refractivity contribution is -0.120. The van der Waals surface area contributed by atoms with Crippen LogP contribution in [0.3, 0.4) is 0 Å². The van der Waals surface area contributed by atoms with Gasteiger partial charge in [-0.15, -0.1) is 0 Å². The molecule has 0 atom stereocenters. The average molecular weight is 371 g/mol. The average Bonchev–Trinajstić information content (AvgIpc) is 2.72. The molecule has 0 saturated carbocycles. The summed E-state index contributed by atoms with van der Waals surface area (Å²) in [6.07, 6.45) is 1.45. The highest BCUT2D eigenvalue weighted by atomic mass is 16.5. The molecule has 2 N–H and O–H groups in total. The van der Waals surface area contributed by atoms with Crippen molar-refractivity contribution in [2.45, 2.75) is 0 Å². The maximum atomic E-state index is 12.0. The minimum Gasteiger partial charge on any atom is -0.497 e. The molecule has 142 valence electrons. The third-order valence-corrected chi connectivity index (χ3v) is 3.60. The van der Waals surface area contributed by atoms with Crippen LogP contribution in [0.25, 0.3) is 0 Å². The molecule has 0 aromatic heterocycles. The molecule has 8 nitrogen and oxygen atoms in total. The summed E-state index contributed by atoms with van der Waals surface area (Å²) in [6, 6.07) is 11.8. The number of nitrogens with zero attached hydrogens (tertiary/aromatic N) is 1. The predicted octanol–water partition coefficient (Wildman–Crippen LogP) is 1.59. The van der Waals surface area contributed by atoms with Crippen LogP contribution in [0.15, 0.2) is 47.6 Å². The number of carbonyl (C=O) groups excluding carboxylic acids is 2. The molecular formula is C19H21N3O5. The predicted molar refractivity (Wildman–Crippen MR) is 101 cm³/mol. The van der Waals surface area contributed by atoms with Crippen LogP contribution in [0.1, 0.15) is 15.9 Å². The van der Waals surface area contributed by atoms with Gasteiger partial charge in [0.1, 0.15) is 17.2 Å². The van der Waals surface area contributed by atoms with E-state index in [0.29, 0.717) is 28.4 Å². The van der Waals surface area contributed by atoms with Crippen molar-refractivity contribution >= 4 is 18.0 Å². The summed E-state index contributed by atoms with van der Waals surface area (Å²) in [5, 5.41) is 6.38. The van der Waals surface area contributed by atoms with E-state index in [1.165, 1.54) is 13.3 Å². The Hall–Kier alpha value is -3.55. The first kappa shape index (κ1) is 19.8. The van der Waals surface area contributed by atoms with Gasteiger partial charge in [-0.25, -0.2) is 5.43 Å². The normalized spacial score (nSPS) is 10.3. The molecule has 0 aliphatic carbocycles. The topological polar surface area (TPSA) is 98.2 Å². The Morgan fingerprint density at radius 1 is 0.963 bits per heavy atom. The third-order valence-electron chi connectivity index (χ3n) is 3.60. The van der Waals surface area contributed by atoms with E-state index in [4.69, 9.17) is 14.2 Å². The molecule has 0 unspecified atom stereocenters. The van der Waals surface area contributed by atoms with Crippen molar-refractivity contribution in [3.8, 4) is 17.2 Å². The van der Waals surface area contributed by atoms with E-state index in [1.807, 2.05) is 0 Å². The lowest BCUT2D eigenvalue weighted by Gasteiger charge is -2.07. The second-order valence-corrected chi connectivity index (χ2v) is 5.31. The quantitative estimate of drug-likeness (QED) is 0.542.